The number of carboxylic acid groups (broad SMARTS) is 1. The van der Waals surface area contributed by atoms with Crippen LogP contribution in [0.4, 0.5) is 4.39 Å². The predicted octanol–water partition coefficient (Wildman–Crippen LogP) is 2.89. The number of nitrogens with zero attached hydrogens (tertiary/aromatic N) is 2. The average molecular weight is 272 g/mol. The molecule has 2 aromatic rings. The van der Waals surface area contributed by atoms with Crippen molar-refractivity contribution in [3.63, 3.8) is 0 Å². The molecule has 0 aliphatic rings. The quantitative estimate of drug-likeness (QED) is 0.928. The van der Waals surface area contributed by atoms with Gasteiger partial charge in [-0.25, -0.2) is 14.2 Å². The third-order valence-corrected chi connectivity index (χ3v) is 2.46. The summed E-state index contributed by atoms with van der Waals surface area (Å²) in [6, 6.07) is 8.52. The maximum atomic E-state index is 13.5. The normalized spacial score (nSPS) is 9.85. The van der Waals surface area contributed by atoms with Crippen LogP contribution in [-0.2, 0) is 0 Å². The number of rotatable bonds is 3. The second-order valence-electron chi connectivity index (χ2n) is 3.97. The van der Waals surface area contributed by atoms with E-state index in [2.05, 4.69) is 4.98 Å². The Labute approximate surface area is 113 Å². The van der Waals surface area contributed by atoms with E-state index in [9.17, 15) is 9.18 Å². The third-order valence-electron chi connectivity index (χ3n) is 2.46. The first-order valence-electron chi connectivity index (χ1n) is 5.59. The number of aromatic carboxylic acids is 1. The summed E-state index contributed by atoms with van der Waals surface area (Å²) in [4.78, 5) is 15.0. The van der Waals surface area contributed by atoms with Crippen LogP contribution in [0.5, 0.6) is 11.6 Å². The fourth-order valence-corrected chi connectivity index (χ4v) is 1.66. The maximum absolute atomic E-state index is 13.5. The van der Waals surface area contributed by atoms with Gasteiger partial charge >= 0.3 is 5.97 Å². The van der Waals surface area contributed by atoms with Gasteiger partial charge in [0.1, 0.15) is 17.1 Å². The lowest BCUT2D eigenvalue weighted by Crippen LogP contribution is -2.04. The number of ether oxygens (including phenoxy) is 1. The zero-order chi connectivity index (χ0) is 14.7. The summed E-state index contributed by atoms with van der Waals surface area (Å²) < 4.78 is 18.8. The standard InChI is InChI=1S/C14H9FN2O3/c1-8-5-9(7-16)6-12(17-8)20-11-4-2-3-10(15)13(11)14(18)19/h2-6H,1H3,(H,18,19). The van der Waals surface area contributed by atoms with Gasteiger partial charge in [-0.05, 0) is 25.1 Å². The van der Waals surface area contributed by atoms with Crippen molar-refractivity contribution in [2.75, 3.05) is 0 Å². The summed E-state index contributed by atoms with van der Waals surface area (Å²) in [6.45, 7) is 1.66. The van der Waals surface area contributed by atoms with Crippen LogP contribution in [0.25, 0.3) is 0 Å². The number of hydrogen-bond donors (Lipinski definition) is 1. The van der Waals surface area contributed by atoms with Gasteiger partial charge in [0.15, 0.2) is 0 Å². The highest BCUT2D eigenvalue weighted by Crippen LogP contribution is 2.26. The van der Waals surface area contributed by atoms with Gasteiger partial charge in [-0.2, -0.15) is 5.26 Å². The van der Waals surface area contributed by atoms with Crippen LogP contribution >= 0.6 is 0 Å². The highest BCUT2D eigenvalue weighted by Gasteiger charge is 2.18. The van der Waals surface area contributed by atoms with Gasteiger partial charge in [0.2, 0.25) is 5.88 Å². The first kappa shape index (κ1) is 13.5. The van der Waals surface area contributed by atoms with Gasteiger partial charge < -0.3 is 9.84 Å². The SMILES string of the molecule is Cc1cc(C#N)cc(Oc2cccc(F)c2C(=O)O)n1. The van der Waals surface area contributed by atoms with Crippen molar-refractivity contribution in [2.45, 2.75) is 6.92 Å². The molecule has 0 fully saturated rings. The van der Waals surface area contributed by atoms with Crippen LogP contribution in [0.3, 0.4) is 0 Å². The van der Waals surface area contributed by atoms with E-state index in [1.807, 2.05) is 6.07 Å². The summed E-state index contributed by atoms with van der Waals surface area (Å²) >= 11 is 0. The van der Waals surface area contributed by atoms with E-state index in [0.29, 0.717) is 11.3 Å². The molecular weight excluding hydrogens is 263 g/mol. The molecule has 0 unspecified atom stereocenters. The third kappa shape index (κ3) is 2.72. The van der Waals surface area contributed by atoms with Gasteiger partial charge in [-0.1, -0.05) is 6.07 Å². The van der Waals surface area contributed by atoms with Crippen LogP contribution < -0.4 is 4.74 Å². The van der Waals surface area contributed by atoms with E-state index in [1.165, 1.54) is 18.2 Å². The minimum Gasteiger partial charge on any atom is -0.477 e. The molecule has 0 saturated carbocycles. The minimum atomic E-state index is -1.44. The van der Waals surface area contributed by atoms with E-state index < -0.39 is 17.3 Å². The number of benzene rings is 1. The molecule has 0 aliphatic heterocycles. The highest BCUT2D eigenvalue weighted by atomic mass is 19.1. The molecular formula is C14H9FN2O3. The minimum absolute atomic E-state index is 0.0367. The fraction of sp³-hybridized carbons (Fsp3) is 0.0714. The monoisotopic (exact) mass is 272 g/mol. The molecule has 0 aliphatic carbocycles. The van der Waals surface area contributed by atoms with E-state index in [0.717, 1.165) is 6.07 Å². The Morgan fingerprint density at radius 1 is 1.45 bits per heavy atom. The Balaban J connectivity index is 2.46. The van der Waals surface area contributed by atoms with Gasteiger partial charge in [0.05, 0.1) is 11.6 Å². The second kappa shape index (κ2) is 5.36. The fourth-order valence-electron chi connectivity index (χ4n) is 1.66. The molecule has 100 valence electrons. The van der Waals surface area contributed by atoms with Crippen LogP contribution in [-0.4, -0.2) is 16.1 Å². The number of carboxylic acids is 1. The number of pyridine rings is 1. The Bertz CT molecular complexity index is 723. The number of hydrogen-bond acceptors (Lipinski definition) is 4. The summed E-state index contributed by atoms with van der Waals surface area (Å²) in [6.07, 6.45) is 0. The Hall–Kier alpha value is -2.94. The van der Waals surface area contributed by atoms with E-state index in [4.69, 9.17) is 15.1 Å². The zero-order valence-corrected chi connectivity index (χ0v) is 10.4. The number of carbonyl (C=O) groups is 1. The lowest BCUT2D eigenvalue weighted by atomic mass is 10.2. The van der Waals surface area contributed by atoms with E-state index >= 15 is 0 Å². The molecule has 1 N–H and O–H groups in total. The van der Waals surface area contributed by atoms with Crippen molar-refractivity contribution in [1.29, 1.82) is 5.26 Å². The molecule has 1 aromatic heterocycles. The number of aryl methyl sites for hydroxylation is 1. The van der Waals surface area contributed by atoms with Crippen LogP contribution in [0.1, 0.15) is 21.6 Å². The summed E-state index contributed by atoms with van der Waals surface area (Å²) in [5.41, 5.74) is 0.280. The molecule has 6 heteroatoms. The van der Waals surface area contributed by atoms with Crippen molar-refractivity contribution in [2.24, 2.45) is 0 Å². The van der Waals surface area contributed by atoms with E-state index in [-0.39, 0.29) is 11.6 Å². The summed E-state index contributed by atoms with van der Waals surface area (Å²) in [5, 5.41) is 17.8. The Morgan fingerprint density at radius 2 is 2.20 bits per heavy atom. The molecule has 2 rings (SSSR count). The number of halogens is 1. The Kier molecular flexibility index (Phi) is 3.62. The lowest BCUT2D eigenvalue weighted by Gasteiger charge is -2.09. The van der Waals surface area contributed by atoms with E-state index in [1.54, 1.807) is 13.0 Å². The smallest absolute Gasteiger partial charge is 0.342 e. The van der Waals surface area contributed by atoms with Gasteiger partial charge in [0.25, 0.3) is 0 Å². The highest BCUT2D eigenvalue weighted by molar-refractivity contribution is 5.91. The summed E-state index contributed by atoms with van der Waals surface area (Å²) in [5.74, 6) is -2.47. The first-order chi connectivity index (χ1) is 9.51. The molecule has 20 heavy (non-hydrogen) atoms. The molecule has 0 amide bonds. The molecule has 1 aromatic carbocycles. The topological polar surface area (TPSA) is 83.2 Å². The zero-order valence-electron chi connectivity index (χ0n) is 10.4. The molecule has 0 atom stereocenters. The Morgan fingerprint density at radius 3 is 2.85 bits per heavy atom. The molecule has 1 heterocycles. The molecule has 0 spiro atoms. The van der Waals surface area contributed by atoms with Crippen LogP contribution in [0.2, 0.25) is 0 Å². The molecule has 0 bridgehead atoms. The lowest BCUT2D eigenvalue weighted by molar-refractivity contribution is 0.0689. The molecule has 0 saturated heterocycles. The van der Waals surface area contributed by atoms with Crippen molar-refractivity contribution in [3.8, 4) is 17.7 Å². The van der Waals surface area contributed by atoms with Gasteiger partial charge in [-0.3, -0.25) is 0 Å². The van der Waals surface area contributed by atoms with Crippen LogP contribution in [0.15, 0.2) is 30.3 Å². The van der Waals surface area contributed by atoms with Crippen molar-refractivity contribution in [1.82, 2.24) is 4.98 Å². The van der Waals surface area contributed by atoms with Gasteiger partial charge in [0, 0.05) is 11.8 Å². The average Bonchev–Trinajstić information content (AvgIpc) is 2.37. The maximum Gasteiger partial charge on any atom is 0.342 e. The number of nitriles is 1. The molecule has 5 nitrogen and oxygen atoms in total. The number of aromatic nitrogens is 1. The predicted molar refractivity (Wildman–Crippen MR) is 67.1 cm³/mol. The van der Waals surface area contributed by atoms with Crippen molar-refractivity contribution >= 4 is 5.97 Å². The summed E-state index contributed by atoms with van der Waals surface area (Å²) in [7, 11) is 0. The molecule has 0 radical (unpaired) electrons. The van der Waals surface area contributed by atoms with Crippen molar-refractivity contribution < 1.29 is 19.0 Å². The van der Waals surface area contributed by atoms with Crippen LogP contribution in [0, 0.1) is 24.1 Å². The largest absolute Gasteiger partial charge is 0.477 e. The first-order valence-corrected chi connectivity index (χ1v) is 5.59. The second-order valence-corrected chi connectivity index (χ2v) is 3.97. The van der Waals surface area contributed by atoms with Gasteiger partial charge in [-0.15, -0.1) is 0 Å². The van der Waals surface area contributed by atoms with Crippen molar-refractivity contribution in [3.05, 3.63) is 53.0 Å².